The van der Waals surface area contributed by atoms with Crippen LogP contribution in [0.25, 0.3) is 0 Å². The van der Waals surface area contributed by atoms with Crippen molar-refractivity contribution in [3.05, 3.63) is 46.5 Å². The Bertz CT molecular complexity index is 519. The van der Waals surface area contributed by atoms with Crippen molar-refractivity contribution in [2.75, 3.05) is 5.73 Å². The zero-order valence-corrected chi connectivity index (χ0v) is 10.5. The van der Waals surface area contributed by atoms with Gasteiger partial charge in [0.1, 0.15) is 0 Å². The molecule has 2 N–H and O–H groups in total. The Hall–Kier alpha value is -1.68. The Balaban J connectivity index is 2.01. The number of nitrogen functional groups attached to an aromatic ring is 1. The van der Waals surface area contributed by atoms with Crippen LogP contribution in [0.15, 0.2) is 30.3 Å². The van der Waals surface area contributed by atoms with Crippen molar-refractivity contribution in [2.45, 2.75) is 19.8 Å². The number of rotatable bonds is 4. The fraction of sp³-hybridized carbons (Fsp3) is 0.231. The fourth-order valence-electron chi connectivity index (χ4n) is 1.69. The summed E-state index contributed by atoms with van der Waals surface area (Å²) in [6, 6.07) is 9.99. The molecule has 0 atom stereocenters. The third kappa shape index (κ3) is 2.91. The van der Waals surface area contributed by atoms with Gasteiger partial charge >= 0.3 is 0 Å². The molecule has 4 heteroatoms. The Morgan fingerprint density at radius 3 is 2.65 bits per heavy atom. The quantitative estimate of drug-likeness (QED) is 0.844. The lowest BCUT2D eigenvalue weighted by atomic mass is 10.1. The first kappa shape index (κ1) is 11.8. The molecule has 17 heavy (non-hydrogen) atoms. The summed E-state index contributed by atoms with van der Waals surface area (Å²) in [5, 5.41) is 0.463. The van der Waals surface area contributed by atoms with Crippen molar-refractivity contribution in [3.8, 4) is 0 Å². The lowest BCUT2D eigenvalue weighted by Gasteiger charge is -1.99. The van der Waals surface area contributed by atoms with Crippen LogP contribution in [0.5, 0.6) is 0 Å². The number of thiazole rings is 1. The molecule has 0 saturated heterocycles. The zero-order chi connectivity index (χ0) is 12.3. The van der Waals surface area contributed by atoms with Crippen molar-refractivity contribution in [1.82, 2.24) is 4.98 Å². The van der Waals surface area contributed by atoms with Gasteiger partial charge in [-0.1, -0.05) is 41.7 Å². The van der Waals surface area contributed by atoms with E-state index in [0.29, 0.717) is 16.4 Å². The van der Waals surface area contributed by atoms with E-state index in [1.54, 1.807) is 0 Å². The van der Waals surface area contributed by atoms with Crippen LogP contribution >= 0.6 is 11.3 Å². The first-order valence-electron chi connectivity index (χ1n) is 5.47. The molecule has 3 nitrogen and oxygen atoms in total. The van der Waals surface area contributed by atoms with Gasteiger partial charge in [0, 0.05) is 6.42 Å². The molecule has 88 valence electrons. The normalized spacial score (nSPS) is 10.4. The van der Waals surface area contributed by atoms with Gasteiger partial charge < -0.3 is 5.73 Å². The summed E-state index contributed by atoms with van der Waals surface area (Å²) in [6.45, 7) is 1.82. The number of carbonyl (C=O) groups excluding carboxylic acids is 1. The number of benzene rings is 1. The highest BCUT2D eigenvalue weighted by atomic mass is 32.1. The van der Waals surface area contributed by atoms with E-state index in [4.69, 9.17) is 5.73 Å². The number of hydrogen-bond acceptors (Lipinski definition) is 4. The number of aromatic nitrogens is 1. The molecule has 0 aliphatic carbocycles. The van der Waals surface area contributed by atoms with Crippen molar-refractivity contribution in [3.63, 3.8) is 0 Å². The van der Waals surface area contributed by atoms with Gasteiger partial charge in [0.25, 0.3) is 0 Å². The summed E-state index contributed by atoms with van der Waals surface area (Å²) >= 11 is 1.27. The standard InChI is InChI=1S/C13H14N2OS/c1-9-12(17-13(14)15-9)11(16)8-7-10-5-3-2-4-6-10/h2-6H,7-8H2,1H3,(H2,14,15). The largest absolute Gasteiger partial charge is 0.375 e. The van der Waals surface area contributed by atoms with Gasteiger partial charge in [-0.3, -0.25) is 4.79 Å². The van der Waals surface area contributed by atoms with Crippen molar-refractivity contribution < 1.29 is 4.79 Å². The summed E-state index contributed by atoms with van der Waals surface area (Å²) in [7, 11) is 0. The molecular weight excluding hydrogens is 232 g/mol. The Morgan fingerprint density at radius 2 is 2.06 bits per heavy atom. The van der Waals surface area contributed by atoms with Crippen LogP contribution in [0.1, 0.15) is 27.3 Å². The van der Waals surface area contributed by atoms with Gasteiger partial charge in [-0.2, -0.15) is 0 Å². The minimum Gasteiger partial charge on any atom is -0.375 e. The predicted molar refractivity (Wildman–Crippen MR) is 70.4 cm³/mol. The number of nitrogens with two attached hydrogens (primary N) is 1. The molecule has 0 amide bonds. The van der Waals surface area contributed by atoms with E-state index >= 15 is 0 Å². The smallest absolute Gasteiger partial charge is 0.180 e. The highest BCUT2D eigenvalue weighted by Gasteiger charge is 2.13. The van der Waals surface area contributed by atoms with E-state index in [0.717, 1.165) is 12.1 Å². The monoisotopic (exact) mass is 246 g/mol. The van der Waals surface area contributed by atoms with Crippen LogP contribution in [0.2, 0.25) is 0 Å². The minimum atomic E-state index is 0.126. The molecule has 1 aromatic carbocycles. The van der Waals surface area contributed by atoms with Gasteiger partial charge in [0.05, 0.1) is 10.6 Å². The van der Waals surface area contributed by atoms with Crippen LogP contribution in [0.4, 0.5) is 5.13 Å². The molecule has 1 aromatic heterocycles. The van der Waals surface area contributed by atoms with Gasteiger partial charge in [-0.15, -0.1) is 0 Å². The first-order valence-corrected chi connectivity index (χ1v) is 6.28. The molecule has 0 aliphatic rings. The molecule has 0 aliphatic heterocycles. The number of nitrogens with zero attached hydrogens (tertiary/aromatic N) is 1. The number of aryl methyl sites for hydroxylation is 2. The first-order chi connectivity index (χ1) is 8.16. The van der Waals surface area contributed by atoms with Gasteiger partial charge in [0.2, 0.25) is 0 Å². The maximum absolute atomic E-state index is 12.0. The van der Waals surface area contributed by atoms with E-state index < -0.39 is 0 Å². The molecule has 2 rings (SSSR count). The minimum absolute atomic E-state index is 0.126. The maximum Gasteiger partial charge on any atom is 0.180 e. The van der Waals surface area contributed by atoms with Crippen LogP contribution in [0, 0.1) is 6.92 Å². The molecule has 0 unspecified atom stereocenters. The lowest BCUT2D eigenvalue weighted by molar-refractivity contribution is 0.0986. The topological polar surface area (TPSA) is 56.0 Å². The summed E-state index contributed by atoms with van der Waals surface area (Å²) in [5.74, 6) is 0.126. The molecule has 0 fully saturated rings. The highest BCUT2D eigenvalue weighted by Crippen LogP contribution is 2.21. The summed E-state index contributed by atoms with van der Waals surface area (Å²) in [5.41, 5.74) is 7.50. The summed E-state index contributed by atoms with van der Waals surface area (Å²) in [4.78, 5) is 16.7. The second-order valence-corrected chi connectivity index (χ2v) is 4.91. The third-order valence-corrected chi connectivity index (χ3v) is 3.58. The predicted octanol–water partition coefficient (Wildman–Crippen LogP) is 2.85. The van der Waals surface area contributed by atoms with Crippen molar-refractivity contribution >= 4 is 22.3 Å². The Labute approximate surface area is 104 Å². The number of anilines is 1. The summed E-state index contributed by atoms with van der Waals surface area (Å²) in [6.07, 6.45) is 1.27. The molecule has 2 aromatic rings. The van der Waals surface area contributed by atoms with Crippen molar-refractivity contribution in [2.24, 2.45) is 0 Å². The van der Waals surface area contributed by atoms with Gasteiger partial charge in [-0.05, 0) is 18.9 Å². The average Bonchev–Trinajstić information content (AvgIpc) is 2.67. The van der Waals surface area contributed by atoms with Gasteiger partial charge in [-0.25, -0.2) is 4.98 Å². The van der Waals surface area contributed by atoms with Gasteiger partial charge in [0.15, 0.2) is 10.9 Å². The molecule has 0 spiro atoms. The lowest BCUT2D eigenvalue weighted by Crippen LogP contribution is -2.00. The second-order valence-electron chi connectivity index (χ2n) is 3.88. The molecule has 1 heterocycles. The average molecular weight is 246 g/mol. The van der Waals surface area contributed by atoms with Crippen LogP contribution in [0.3, 0.4) is 0 Å². The molecular formula is C13H14N2OS. The van der Waals surface area contributed by atoms with E-state index in [-0.39, 0.29) is 5.78 Å². The van der Waals surface area contributed by atoms with E-state index in [1.165, 1.54) is 16.9 Å². The second kappa shape index (κ2) is 5.10. The summed E-state index contributed by atoms with van der Waals surface area (Å²) < 4.78 is 0. The van der Waals surface area contributed by atoms with Crippen molar-refractivity contribution in [1.29, 1.82) is 0 Å². The third-order valence-electron chi connectivity index (χ3n) is 2.55. The number of ketones is 1. The van der Waals surface area contributed by atoms with Crippen LogP contribution in [-0.2, 0) is 6.42 Å². The van der Waals surface area contributed by atoms with E-state index in [2.05, 4.69) is 4.98 Å². The van der Waals surface area contributed by atoms with E-state index in [1.807, 2.05) is 37.3 Å². The Kier molecular flexibility index (Phi) is 3.54. The molecule has 0 saturated carbocycles. The number of Topliss-reactive ketones (excluding diaryl/α,β-unsaturated/α-hetero) is 1. The Morgan fingerprint density at radius 1 is 1.35 bits per heavy atom. The van der Waals surface area contributed by atoms with Crippen LogP contribution in [-0.4, -0.2) is 10.8 Å². The molecule has 0 bridgehead atoms. The van der Waals surface area contributed by atoms with E-state index in [9.17, 15) is 4.79 Å². The highest BCUT2D eigenvalue weighted by molar-refractivity contribution is 7.17. The maximum atomic E-state index is 12.0. The molecule has 0 radical (unpaired) electrons. The number of hydrogen-bond donors (Lipinski definition) is 1. The zero-order valence-electron chi connectivity index (χ0n) is 9.64. The van der Waals surface area contributed by atoms with Crippen LogP contribution < -0.4 is 5.73 Å². The number of carbonyl (C=O) groups is 1. The SMILES string of the molecule is Cc1nc(N)sc1C(=O)CCc1ccccc1. The fourth-order valence-corrected chi connectivity index (χ4v) is 2.49.